The van der Waals surface area contributed by atoms with Crippen molar-refractivity contribution < 1.29 is 9.72 Å². The van der Waals surface area contributed by atoms with Crippen LogP contribution in [0.1, 0.15) is 6.92 Å². The minimum absolute atomic E-state index is 0.0377. The fraction of sp³-hybridized carbons (Fsp3) is 0.0909. The van der Waals surface area contributed by atoms with Gasteiger partial charge >= 0.3 is 0 Å². The van der Waals surface area contributed by atoms with Gasteiger partial charge in [-0.3, -0.25) is 19.9 Å². The molecule has 0 atom stereocenters. The summed E-state index contributed by atoms with van der Waals surface area (Å²) in [5.74, 6) is -0.299. The van der Waals surface area contributed by atoms with Crippen LogP contribution < -0.4 is 5.32 Å². The summed E-state index contributed by atoms with van der Waals surface area (Å²) in [4.78, 5) is 25.5. The molecule has 0 aliphatic heterocycles. The second kappa shape index (κ2) is 4.58. The Balaban J connectivity index is 2.80. The number of fused-ring (bicyclic) bond motifs is 1. The molecule has 2 aromatic rings. The molecule has 0 saturated carbocycles. The zero-order valence-electron chi connectivity index (χ0n) is 9.31. The van der Waals surface area contributed by atoms with E-state index in [-0.39, 0.29) is 16.6 Å². The van der Waals surface area contributed by atoms with E-state index in [2.05, 4.69) is 10.3 Å². The SMILES string of the molecule is CC(=O)Nc1cc(Cl)c([N+](=O)[O-])c2cccnc12. The van der Waals surface area contributed by atoms with Crippen LogP contribution in [-0.4, -0.2) is 15.8 Å². The van der Waals surface area contributed by atoms with Crippen molar-refractivity contribution in [3.63, 3.8) is 0 Å². The van der Waals surface area contributed by atoms with Gasteiger partial charge < -0.3 is 5.32 Å². The van der Waals surface area contributed by atoms with Crippen LogP contribution in [0, 0.1) is 10.1 Å². The third-order valence-corrected chi connectivity index (χ3v) is 2.60. The number of carbonyl (C=O) groups excluding carboxylic acids is 1. The molecule has 0 unspecified atom stereocenters. The van der Waals surface area contributed by atoms with Gasteiger partial charge in [-0.1, -0.05) is 11.6 Å². The minimum atomic E-state index is -0.566. The second-order valence-electron chi connectivity index (χ2n) is 3.59. The number of halogens is 1. The zero-order valence-corrected chi connectivity index (χ0v) is 10.1. The third kappa shape index (κ3) is 2.10. The van der Waals surface area contributed by atoms with Gasteiger partial charge in [0.2, 0.25) is 5.91 Å². The van der Waals surface area contributed by atoms with Gasteiger partial charge in [-0.05, 0) is 18.2 Å². The number of pyridine rings is 1. The Bertz CT molecular complexity index is 657. The van der Waals surface area contributed by atoms with Crippen molar-refractivity contribution in [1.29, 1.82) is 0 Å². The predicted molar refractivity (Wildman–Crippen MR) is 67.7 cm³/mol. The fourth-order valence-electron chi connectivity index (χ4n) is 1.67. The molecule has 6 nitrogen and oxygen atoms in total. The molecule has 2 rings (SSSR count). The van der Waals surface area contributed by atoms with E-state index >= 15 is 0 Å². The lowest BCUT2D eigenvalue weighted by molar-refractivity contribution is -0.382. The first-order chi connectivity index (χ1) is 8.50. The zero-order chi connectivity index (χ0) is 13.3. The Morgan fingerprint density at radius 3 is 2.89 bits per heavy atom. The van der Waals surface area contributed by atoms with Crippen LogP contribution in [0.5, 0.6) is 0 Å². The first kappa shape index (κ1) is 12.3. The highest BCUT2D eigenvalue weighted by atomic mass is 35.5. The molecule has 92 valence electrons. The number of anilines is 1. The van der Waals surface area contributed by atoms with Gasteiger partial charge in [-0.15, -0.1) is 0 Å². The number of nitro groups is 1. The maximum atomic E-state index is 11.1. The van der Waals surface area contributed by atoms with Gasteiger partial charge in [0.15, 0.2) is 0 Å². The molecule has 18 heavy (non-hydrogen) atoms. The van der Waals surface area contributed by atoms with E-state index in [0.717, 1.165) is 0 Å². The number of amides is 1. The van der Waals surface area contributed by atoms with Crippen LogP contribution in [-0.2, 0) is 4.79 Å². The van der Waals surface area contributed by atoms with Gasteiger partial charge in [-0.25, -0.2) is 0 Å². The molecular weight excluding hydrogens is 258 g/mol. The summed E-state index contributed by atoms with van der Waals surface area (Å²) in [6.07, 6.45) is 1.49. The highest BCUT2D eigenvalue weighted by Crippen LogP contribution is 2.36. The summed E-state index contributed by atoms with van der Waals surface area (Å²) in [6, 6.07) is 4.44. The Morgan fingerprint density at radius 2 is 2.28 bits per heavy atom. The molecule has 1 N–H and O–H groups in total. The van der Waals surface area contributed by atoms with Gasteiger partial charge in [0, 0.05) is 13.1 Å². The average molecular weight is 266 g/mol. The molecule has 1 aromatic carbocycles. The lowest BCUT2D eigenvalue weighted by Gasteiger charge is -2.07. The van der Waals surface area contributed by atoms with Crippen molar-refractivity contribution in [1.82, 2.24) is 4.98 Å². The van der Waals surface area contributed by atoms with Crippen molar-refractivity contribution in [2.75, 3.05) is 5.32 Å². The maximum absolute atomic E-state index is 11.1. The monoisotopic (exact) mass is 265 g/mol. The van der Waals surface area contributed by atoms with E-state index in [1.165, 1.54) is 25.3 Å². The van der Waals surface area contributed by atoms with Crippen molar-refractivity contribution in [3.8, 4) is 0 Å². The first-order valence-corrected chi connectivity index (χ1v) is 5.37. The molecule has 0 spiro atoms. The highest BCUT2D eigenvalue weighted by molar-refractivity contribution is 6.35. The van der Waals surface area contributed by atoms with E-state index in [4.69, 9.17) is 11.6 Å². The number of aromatic nitrogens is 1. The van der Waals surface area contributed by atoms with Crippen LogP contribution in [0.2, 0.25) is 5.02 Å². The summed E-state index contributed by atoms with van der Waals surface area (Å²) >= 11 is 5.87. The van der Waals surface area contributed by atoms with Crippen LogP contribution in [0.3, 0.4) is 0 Å². The van der Waals surface area contributed by atoms with Crippen molar-refractivity contribution in [2.45, 2.75) is 6.92 Å². The number of benzene rings is 1. The maximum Gasteiger partial charge on any atom is 0.297 e. The molecule has 7 heteroatoms. The largest absolute Gasteiger partial charge is 0.324 e. The smallest absolute Gasteiger partial charge is 0.297 e. The number of nitrogens with one attached hydrogen (secondary N) is 1. The predicted octanol–water partition coefficient (Wildman–Crippen LogP) is 2.75. The number of carbonyl (C=O) groups is 1. The van der Waals surface area contributed by atoms with Crippen molar-refractivity contribution in [2.24, 2.45) is 0 Å². The molecule has 1 heterocycles. The molecule has 1 aromatic heterocycles. The second-order valence-corrected chi connectivity index (χ2v) is 4.00. The summed E-state index contributed by atoms with van der Waals surface area (Å²) in [5.41, 5.74) is 0.478. The van der Waals surface area contributed by atoms with Crippen LogP contribution >= 0.6 is 11.6 Å². The van der Waals surface area contributed by atoms with E-state index < -0.39 is 4.92 Å². The molecule has 0 radical (unpaired) electrons. The fourth-order valence-corrected chi connectivity index (χ4v) is 1.95. The number of hydrogen-bond acceptors (Lipinski definition) is 4. The van der Waals surface area contributed by atoms with E-state index in [9.17, 15) is 14.9 Å². The minimum Gasteiger partial charge on any atom is -0.324 e. The average Bonchev–Trinajstić information content (AvgIpc) is 2.27. The normalized spacial score (nSPS) is 10.3. The van der Waals surface area contributed by atoms with Crippen molar-refractivity contribution in [3.05, 3.63) is 39.5 Å². The summed E-state index contributed by atoms with van der Waals surface area (Å²) in [5, 5.41) is 13.8. The van der Waals surface area contributed by atoms with E-state index in [0.29, 0.717) is 16.6 Å². The molecule has 1 amide bonds. The van der Waals surface area contributed by atoms with Crippen LogP contribution in [0.15, 0.2) is 24.4 Å². The standard InChI is InChI=1S/C11H8ClN3O3/c1-6(16)14-9-5-8(12)11(15(17)18)7-3-2-4-13-10(7)9/h2-5H,1H3,(H,14,16). The topological polar surface area (TPSA) is 85.1 Å². The Morgan fingerprint density at radius 1 is 1.56 bits per heavy atom. The molecule has 0 aliphatic rings. The van der Waals surface area contributed by atoms with Crippen LogP contribution in [0.4, 0.5) is 11.4 Å². The molecule has 0 bridgehead atoms. The number of rotatable bonds is 2. The van der Waals surface area contributed by atoms with E-state index in [1.807, 2.05) is 0 Å². The number of hydrogen-bond donors (Lipinski definition) is 1. The summed E-state index contributed by atoms with van der Waals surface area (Å²) < 4.78 is 0. The lowest BCUT2D eigenvalue weighted by Crippen LogP contribution is -2.07. The number of nitrogens with zero attached hydrogens (tertiary/aromatic N) is 2. The van der Waals surface area contributed by atoms with Gasteiger partial charge in [0.1, 0.15) is 10.5 Å². The summed E-state index contributed by atoms with van der Waals surface area (Å²) in [6.45, 7) is 1.34. The molecule has 0 fully saturated rings. The molecule has 0 saturated heterocycles. The van der Waals surface area contributed by atoms with Crippen molar-refractivity contribution >= 4 is 39.8 Å². The Hall–Kier alpha value is -2.21. The van der Waals surface area contributed by atoms with Gasteiger partial charge in [0.05, 0.1) is 16.0 Å². The quantitative estimate of drug-likeness (QED) is 0.668. The Labute approximate surface area is 107 Å². The first-order valence-electron chi connectivity index (χ1n) is 5.00. The lowest BCUT2D eigenvalue weighted by atomic mass is 10.1. The van der Waals surface area contributed by atoms with Gasteiger partial charge in [-0.2, -0.15) is 0 Å². The third-order valence-electron chi connectivity index (χ3n) is 2.31. The highest BCUT2D eigenvalue weighted by Gasteiger charge is 2.20. The Kier molecular flexibility index (Phi) is 3.12. The number of nitro benzene ring substituents is 1. The molecule has 0 aliphatic carbocycles. The van der Waals surface area contributed by atoms with Gasteiger partial charge in [0.25, 0.3) is 5.69 Å². The summed E-state index contributed by atoms with van der Waals surface area (Å²) in [7, 11) is 0. The molecular formula is C11H8ClN3O3. The van der Waals surface area contributed by atoms with E-state index in [1.54, 1.807) is 6.07 Å². The van der Waals surface area contributed by atoms with Crippen LogP contribution in [0.25, 0.3) is 10.9 Å².